The summed E-state index contributed by atoms with van der Waals surface area (Å²) in [7, 11) is -2.18. The molecule has 3 rings (SSSR count). The number of carbonyl (C=O) groups is 2. The molecule has 1 aliphatic rings. The van der Waals surface area contributed by atoms with E-state index in [4.69, 9.17) is 4.74 Å². The Hall–Kier alpha value is -2.91. The van der Waals surface area contributed by atoms with Crippen LogP contribution in [0, 0.1) is 19.8 Å². The number of likely N-dealkylation sites (tertiary alicyclic amines) is 1. The van der Waals surface area contributed by atoms with E-state index in [-0.39, 0.29) is 22.6 Å². The molecule has 8 nitrogen and oxygen atoms in total. The molecular formula is C25H33N3O5S. The first-order valence-corrected chi connectivity index (χ1v) is 13.0. The summed E-state index contributed by atoms with van der Waals surface area (Å²) in [5.41, 5.74) is 2.32. The minimum Gasteiger partial charge on any atom is -0.385 e. The van der Waals surface area contributed by atoms with Gasteiger partial charge in [-0.15, -0.1) is 0 Å². The molecule has 0 aromatic heterocycles. The first-order valence-electron chi connectivity index (χ1n) is 11.5. The highest BCUT2D eigenvalue weighted by atomic mass is 32.2. The Morgan fingerprint density at radius 2 is 1.94 bits per heavy atom. The molecule has 2 aromatic carbocycles. The van der Waals surface area contributed by atoms with E-state index in [1.165, 1.54) is 6.07 Å². The van der Waals surface area contributed by atoms with Gasteiger partial charge in [0.05, 0.1) is 10.8 Å². The number of ether oxygens (including phenoxy) is 1. The third-order valence-corrected chi connectivity index (χ3v) is 7.43. The zero-order chi connectivity index (χ0) is 24.7. The highest BCUT2D eigenvalue weighted by Crippen LogP contribution is 2.23. The minimum absolute atomic E-state index is 0.0522. The number of nitrogens with zero attached hydrogens (tertiary/aromatic N) is 1. The summed E-state index contributed by atoms with van der Waals surface area (Å²) in [5.74, 6) is -0.528. The van der Waals surface area contributed by atoms with E-state index in [1.54, 1.807) is 49.3 Å². The SMILES string of the molecule is COCCCNC(=O)[C@@H]1CCCN(C(=O)c2cccc(NS(=O)(=O)c3ccc(C)cc3C)c2)C1. The quantitative estimate of drug-likeness (QED) is 0.529. The minimum atomic E-state index is -3.80. The summed E-state index contributed by atoms with van der Waals surface area (Å²) in [6.45, 7) is 5.68. The van der Waals surface area contributed by atoms with Crippen molar-refractivity contribution in [2.75, 3.05) is 38.1 Å². The summed E-state index contributed by atoms with van der Waals surface area (Å²) in [4.78, 5) is 27.5. The van der Waals surface area contributed by atoms with Crippen molar-refractivity contribution >= 4 is 27.5 Å². The molecule has 0 aliphatic carbocycles. The van der Waals surface area contributed by atoms with Crippen molar-refractivity contribution in [1.82, 2.24) is 10.2 Å². The Labute approximate surface area is 201 Å². The van der Waals surface area contributed by atoms with Crippen LogP contribution in [-0.4, -0.2) is 58.5 Å². The average molecular weight is 488 g/mol. The van der Waals surface area contributed by atoms with Crippen molar-refractivity contribution in [3.63, 3.8) is 0 Å². The van der Waals surface area contributed by atoms with E-state index in [0.717, 1.165) is 24.8 Å². The number of carbonyl (C=O) groups excluding carboxylic acids is 2. The van der Waals surface area contributed by atoms with Crippen LogP contribution in [0.4, 0.5) is 5.69 Å². The van der Waals surface area contributed by atoms with Gasteiger partial charge in [-0.25, -0.2) is 8.42 Å². The first kappa shape index (κ1) is 25.7. The molecule has 1 heterocycles. The van der Waals surface area contributed by atoms with Crippen LogP contribution in [0.2, 0.25) is 0 Å². The van der Waals surface area contributed by atoms with Crippen molar-refractivity contribution in [2.45, 2.75) is 38.0 Å². The Kier molecular flexibility index (Phi) is 8.68. The number of benzene rings is 2. The van der Waals surface area contributed by atoms with Gasteiger partial charge >= 0.3 is 0 Å². The number of amides is 2. The molecule has 0 unspecified atom stereocenters. The van der Waals surface area contributed by atoms with E-state index in [9.17, 15) is 18.0 Å². The van der Waals surface area contributed by atoms with Gasteiger partial charge in [-0.05, 0) is 62.9 Å². The number of rotatable bonds is 9. The summed E-state index contributed by atoms with van der Waals surface area (Å²) in [5, 5.41) is 2.91. The number of aryl methyl sites for hydroxylation is 2. The van der Waals surface area contributed by atoms with Crippen LogP contribution in [0.5, 0.6) is 0 Å². The number of nitrogens with one attached hydrogen (secondary N) is 2. The van der Waals surface area contributed by atoms with Gasteiger partial charge in [0.2, 0.25) is 5.91 Å². The molecule has 2 N–H and O–H groups in total. The van der Waals surface area contributed by atoms with Gasteiger partial charge in [0.25, 0.3) is 15.9 Å². The second kappa shape index (κ2) is 11.5. The van der Waals surface area contributed by atoms with Gasteiger partial charge in [0.15, 0.2) is 0 Å². The van der Waals surface area contributed by atoms with Crippen LogP contribution in [0.15, 0.2) is 47.4 Å². The van der Waals surface area contributed by atoms with Gasteiger partial charge in [-0.3, -0.25) is 14.3 Å². The average Bonchev–Trinajstić information content (AvgIpc) is 2.81. The molecule has 1 saturated heterocycles. The topological polar surface area (TPSA) is 105 Å². The lowest BCUT2D eigenvalue weighted by molar-refractivity contribution is -0.126. The normalized spacial score (nSPS) is 16.2. The summed E-state index contributed by atoms with van der Waals surface area (Å²) >= 11 is 0. The molecule has 0 bridgehead atoms. The van der Waals surface area contributed by atoms with Gasteiger partial charge in [0.1, 0.15) is 0 Å². The third kappa shape index (κ3) is 6.57. The highest BCUT2D eigenvalue weighted by molar-refractivity contribution is 7.92. The predicted octanol–water partition coefficient (Wildman–Crippen LogP) is 3.11. The number of methoxy groups -OCH3 is 1. The largest absolute Gasteiger partial charge is 0.385 e. The van der Waals surface area contributed by atoms with Crippen molar-refractivity contribution in [1.29, 1.82) is 0 Å². The fraction of sp³-hybridized carbons (Fsp3) is 0.440. The number of sulfonamides is 1. The Morgan fingerprint density at radius 1 is 1.15 bits per heavy atom. The van der Waals surface area contributed by atoms with Crippen molar-refractivity contribution < 1.29 is 22.7 Å². The molecule has 0 spiro atoms. The number of hydrogen-bond acceptors (Lipinski definition) is 5. The van der Waals surface area contributed by atoms with E-state index < -0.39 is 10.0 Å². The molecule has 2 aromatic rings. The van der Waals surface area contributed by atoms with Crippen molar-refractivity contribution in [2.24, 2.45) is 5.92 Å². The highest BCUT2D eigenvalue weighted by Gasteiger charge is 2.29. The molecule has 1 aliphatic heterocycles. The zero-order valence-electron chi connectivity index (χ0n) is 20.0. The molecule has 1 atom stereocenters. The maximum atomic E-state index is 13.1. The molecule has 2 amide bonds. The monoisotopic (exact) mass is 487 g/mol. The molecule has 1 fully saturated rings. The van der Waals surface area contributed by atoms with Crippen LogP contribution in [0.3, 0.4) is 0 Å². The molecule has 9 heteroatoms. The summed E-state index contributed by atoms with van der Waals surface area (Å²) in [6.07, 6.45) is 2.21. The van der Waals surface area contributed by atoms with Gasteiger partial charge in [-0.1, -0.05) is 23.8 Å². The lowest BCUT2D eigenvalue weighted by Gasteiger charge is -2.32. The lowest BCUT2D eigenvalue weighted by Crippen LogP contribution is -2.45. The van der Waals surface area contributed by atoms with Crippen LogP contribution >= 0.6 is 0 Å². The Bertz CT molecular complexity index is 1130. The second-order valence-electron chi connectivity index (χ2n) is 8.68. The summed E-state index contributed by atoms with van der Waals surface area (Å²) in [6, 6.07) is 11.6. The number of hydrogen-bond donors (Lipinski definition) is 2. The van der Waals surface area contributed by atoms with Gasteiger partial charge in [-0.2, -0.15) is 0 Å². The summed E-state index contributed by atoms with van der Waals surface area (Å²) < 4.78 is 33.4. The van der Waals surface area contributed by atoms with Crippen molar-refractivity contribution in [3.8, 4) is 0 Å². The maximum Gasteiger partial charge on any atom is 0.262 e. The van der Waals surface area contributed by atoms with Crippen molar-refractivity contribution in [3.05, 3.63) is 59.2 Å². The van der Waals surface area contributed by atoms with E-state index >= 15 is 0 Å². The smallest absolute Gasteiger partial charge is 0.262 e. The number of anilines is 1. The van der Waals surface area contributed by atoms with Crippen LogP contribution in [0.1, 0.15) is 40.7 Å². The fourth-order valence-electron chi connectivity index (χ4n) is 4.16. The molecule has 184 valence electrons. The van der Waals surface area contributed by atoms with Gasteiger partial charge in [0, 0.05) is 44.6 Å². The van der Waals surface area contributed by atoms with E-state index in [2.05, 4.69) is 10.0 Å². The standard InChI is InChI=1S/C25H33N3O5S/c1-18-10-11-23(19(2)15-18)34(31,32)27-22-9-4-7-20(16-22)25(30)28-13-5-8-21(17-28)24(29)26-12-6-14-33-3/h4,7,9-11,15-16,21,27H,5-6,8,12-14,17H2,1-3H3,(H,26,29)/t21-/m1/s1. The predicted molar refractivity (Wildman–Crippen MR) is 131 cm³/mol. The zero-order valence-corrected chi connectivity index (χ0v) is 20.8. The van der Waals surface area contributed by atoms with Crippen LogP contribution in [0.25, 0.3) is 0 Å². The third-order valence-electron chi connectivity index (χ3n) is 5.89. The maximum absolute atomic E-state index is 13.1. The molecule has 0 saturated carbocycles. The second-order valence-corrected chi connectivity index (χ2v) is 10.3. The molecule has 34 heavy (non-hydrogen) atoms. The lowest BCUT2D eigenvalue weighted by atomic mass is 9.96. The van der Waals surface area contributed by atoms with E-state index in [1.807, 2.05) is 13.0 Å². The molecular weight excluding hydrogens is 454 g/mol. The van der Waals surface area contributed by atoms with Gasteiger partial charge < -0.3 is 15.0 Å². The fourth-order valence-corrected chi connectivity index (χ4v) is 5.43. The molecule has 0 radical (unpaired) electrons. The van der Waals surface area contributed by atoms with Crippen LogP contribution in [-0.2, 0) is 19.6 Å². The Balaban J connectivity index is 1.67. The Morgan fingerprint density at radius 3 is 2.68 bits per heavy atom. The first-order chi connectivity index (χ1) is 16.2. The van der Waals surface area contributed by atoms with Crippen LogP contribution < -0.4 is 10.0 Å². The number of piperidine rings is 1. The van der Waals surface area contributed by atoms with E-state index in [0.29, 0.717) is 43.1 Å².